The lowest BCUT2D eigenvalue weighted by molar-refractivity contribution is 0.0930. The molecule has 0 spiro atoms. The van der Waals surface area contributed by atoms with Gasteiger partial charge in [0, 0.05) is 18.2 Å². The van der Waals surface area contributed by atoms with Gasteiger partial charge in [-0.15, -0.1) is 0 Å². The molecule has 1 heterocycles. The normalized spacial score (nSPS) is 19.9. The number of piperidine rings is 1. The summed E-state index contributed by atoms with van der Waals surface area (Å²) in [4.78, 5) is 12.2. The lowest BCUT2D eigenvalue weighted by Gasteiger charge is -2.24. The van der Waals surface area contributed by atoms with Crippen molar-refractivity contribution in [2.45, 2.75) is 32.2 Å². The maximum absolute atomic E-state index is 12.2. The smallest absolute Gasteiger partial charge is 0.251 e. The zero-order chi connectivity index (χ0) is 12.1. The molecule has 1 aromatic rings. The van der Waals surface area contributed by atoms with E-state index < -0.39 is 0 Å². The molecule has 1 saturated heterocycles. The van der Waals surface area contributed by atoms with Gasteiger partial charge in [-0.3, -0.25) is 4.79 Å². The second kappa shape index (κ2) is 5.82. The van der Waals surface area contributed by atoms with Crippen LogP contribution < -0.4 is 10.6 Å². The van der Waals surface area contributed by atoms with Crippen LogP contribution in [0.4, 0.5) is 0 Å². The summed E-state index contributed by atoms with van der Waals surface area (Å²) in [6.07, 6.45) is 3.11. The van der Waals surface area contributed by atoms with E-state index in [0.717, 1.165) is 43.5 Å². The first-order valence-electron chi connectivity index (χ1n) is 6.40. The SMILES string of the molecule is CCc1ccccc1C(=O)N[C@@H]1CCCNC1. The molecule has 0 radical (unpaired) electrons. The molecule has 0 saturated carbocycles. The Bertz CT molecular complexity index is 384. The number of rotatable bonds is 3. The molecule has 2 N–H and O–H groups in total. The third kappa shape index (κ3) is 3.07. The molecule has 2 rings (SSSR count). The summed E-state index contributed by atoms with van der Waals surface area (Å²) in [5.74, 6) is 0.0659. The number of hydrogen-bond donors (Lipinski definition) is 2. The first kappa shape index (κ1) is 12.1. The Labute approximate surface area is 103 Å². The fraction of sp³-hybridized carbons (Fsp3) is 0.500. The van der Waals surface area contributed by atoms with Gasteiger partial charge in [-0.1, -0.05) is 25.1 Å². The Kier molecular flexibility index (Phi) is 4.15. The second-order valence-electron chi connectivity index (χ2n) is 4.53. The Morgan fingerprint density at radius 2 is 2.29 bits per heavy atom. The molecule has 3 heteroatoms. The monoisotopic (exact) mass is 232 g/mol. The van der Waals surface area contributed by atoms with Crippen molar-refractivity contribution in [1.29, 1.82) is 0 Å². The van der Waals surface area contributed by atoms with Crippen LogP contribution in [0.15, 0.2) is 24.3 Å². The molecular weight excluding hydrogens is 212 g/mol. The molecule has 0 aliphatic carbocycles. The van der Waals surface area contributed by atoms with Crippen LogP contribution in [-0.4, -0.2) is 25.0 Å². The van der Waals surface area contributed by atoms with Crippen molar-refractivity contribution in [2.24, 2.45) is 0 Å². The van der Waals surface area contributed by atoms with Gasteiger partial charge in [0.25, 0.3) is 5.91 Å². The molecule has 1 aliphatic heterocycles. The number of amides is 1. The zero-order valence-electron chi connectivity index (χ0n) is 10.3. The fourth-order valence-corrected chi connectivity index (χ4v) is 2.29. The van der Waals surface area contributed by atoms with Crippen molar-refractivity contribution in [3.63, 3.8) is 0 Å². The van der Waals surface area contributed by atoms with Crippen molar-refractivity contribution in [1.82, 2.24) is 10.6 Å². The highest BCUT2D eigenvalue weighted by atomic mass is 16.1. The van der Waals surface area contributed by atoms with E-state index >= 15 is 0 Å². The van der Waals surface area contributed by atoms with Crippen LogP contribution in [0, 0.1) is 0 Å². The predicted molar refractivity (Wildman–Crippen MR) is 69.2 cm³/mol. The van der Waals surface area contributed by atoms with Crippen LogP contribution in [-0.2, 0) is 6.42 Å². The van der Waals surface area contributed by atoms with Gasteiger partial charge in [0.15, 0.2) is 0 Å². The fourth-order valence-electron chi connectivity index (χ4n) is 2.29. The summed E-state index contributed by atoms with van der Waals surface area (Å²) in [5, 5.41) is 6.41. The summed E-state index contributed by atoms with van der Waals surface area (Å²) in [7, 11) is 0. The van der Waals surface area contributed by atoms with E-state index in [-0.39, 0.29) is 11.9 Å². The van der Waals surface area contributed by atoms with Gasteiger partial charge in [0.1, 0.15) is 0 Å². The second-order valence-corrected chi connectivity index (χ2v) is 4.53. The lowest BCUT2D eigenvalue weighted by Crippen LogP contribution is -2.45. The van der Waals surface area contributed by atoms with Gasteiger partial charge < -0.3 is 10.6 Å². The van der Waals surface area contributed by atoms with Gasteiger partial charge in [-0.05, 0) is 37.4 Å². The van der Waals surface area contributed by atoms with Crippen molar-refractivity contribution < 1.29 is 4.79 Å². The number of benzene rings is 1. The third-order valence-corrected chi connectivity index (χ3v) is 3.27. The quantitative estimate of drug-likeness (QED) is 0.833. The van der Waals surface area contributed by atoms with Crippen LogP contribution in [0.25, 0.3) is 0 Å². The molecule has 0 bridgehead atoms. The minimum Gasteiger partial charge on any atom is -0.348 e. The highest BCUT2D eigenvalue weighted by Gasteiger charge is 2.17. The van der Waals surface area contributed by atoms with Crippen LogP contribution in [0.1, 0.15) is 35.7 Å². The van der Waals surface area contributed by atoms with E-state index in [1.54, 1.807) is 0 Å². The average molecular weight is 232 g/mol. The van der Waals surface area contributed by atoms with E-state index in [1.165, 1.54) is 0 Å². The molecule has 17 heavy (non-hydrogen) atoms. The minimum absolute atomic E-state index is 0.0659. The standard InChI is InChI=1S/C14H20N2O/c1-2-11-6-3-4-8-13(11)14(17)16-12-7-5-9-15-10-12/h3-4,6,8,12,15H,2,5,7,9-10H2,1H3,(H,16,17)/t12-/m1/s1. The highest BCUT2D eigenvalue weighted by Crippen LogP contribution is 2.10. The number of aryl methyl sites for hydroxylation is 1. The highest BCUT2D eigenvalue weighted by molar-refractivity contribution is 5.95. The average Bonchev–Trinajstić information content (AvgIpc) is 2.40. The molecule has 1 aromatic carbocycles. The van der Waals surface area contributed by atoms with E-state index in [1.807, 2.05) is 24.3 Å². The number of carbonyl (C=O) groups excluding carboxylic acids is 1. The molecule has 0 aromatic heterocycles. The predicted octanol–water partition coefficient (Wildman–Crippen LogP) is 1.73. The Morgan fingerprint density at radius 1 is 1.47 bits per heavy atom. The van der Waals surface area contributed by atoms with E-state index in [9.17, 15) is 4.79 Å². The van der Waals surface area contributed by atoms with E-state index in [4.69, 9.17) is 0 Å². The molecule has 1 atom stereocenters. The summed E-state index contributed by atoms with van der Waals surface area (Å²) < 4.78 is 0. The first-order valence-corrected chi connectivity index (χ1v) is 6.40. The number of carbonyl (C=O) groups is 1. The van der Waals surface area contributed by atoms with Gasteiger partial charge in [-0.25, -0.2) is 0 Å². The Morgan fingerprint density at radius 3 is 3.00 bits per heavy atom. The molecule has 0 unspecified atom stereocenters. The topological polar surface area (TPSA) is 41.1 Å². The Hall–Kier alpha value is -1.35. The van der Waals surface area contributed by atoms with Gasteiger partial charge in [-0.2, -0.15) is 0 Å². The van der Waals surface area contributed by atoms with Crippen LogP contribution >= 0.6 is 0 Å². The summed E-state index contributed by atoms with van der Waals surface area (Å²) >= 11 is 0. The Balaban J connectivity index is 2.03. The lowest BCUT2D eigenvalue weighted by atomic mass is 10.0. The van der Waals surface area contributed by atoms with Gasteiger partial charge in [0.2, 0.25) is 0 Å². The number of hydrogen-bond acceptors (Lipinski definition) is 2. The van der Waals surface area contributed by atoms with Crippen molar-refractivity contribution in [3.8, 4) is 0 Å². The van der Waals surface area contributed by atoms with Crippen LogP contribution in [0.5, 0.6) is 0 Å². The maximum Gasteiger partial charge on any atom is 0.251 e. The van der Waals surface area contributed by atoms with Crippen LogP contribution in [0.2, 0.25) is 0 Å². The summed E-state index contributed by atoms with van der Waals surface area (Å²) in [6.45, 7) is 4.03. The molecule has 1 aliphatic rings. The zero-order valence-corrected chi connectivity index (χ0v) is 10.3. The largest absolute Gasteiger partial charge is 0.348 e. The van der Waals surface area contributed by atoms with Gasteiger partial charge in [0.05, 0.1) is 0 Å². The third-order valence-electron chi connectivity index (χ3n) is 3.27. The van der Waals surface area contributed by atoms with E-state index in [2.05, 4.69) is 17.6 Å². The molecular formula is C14H20N2O. The van der Waals surface area contributed by atoms with Crippen LogP contribution in [0.3, 0.4) is 0 Å². The molecule has 1 fully saturated rings. The van der Waals surface area contributed by atoms with Crippen molar-refractivity contribution >= 4 is 5.91 Å². The van der Waals surface area contributed by atoms with Gasteiger partial charge >= 0.3 is 0 Å². The summed E-state index contributed by atoms with van der Waals surface area (Å²) in [6, 6.07) is 8.12. The maximum atomic E-state index is 12.2. The summed E-state index contributed by atoms with van der Waals surface area (Å²) in [5.41, 5.74) is 1.94. The van der Waals surface area contributed by atoms with Crippen molar-refractivity contribution in [3.05, 3.63) is 35.4 Å². The molecule has 1 amide bonds. The minimum atomic E-state index is 0.0659. The molecule has 3 nitrogen and oxygen atoms in total. The molecule has 92 valence electrons. The van der Waals surface area contributed by atoms with Crippen molar-refractivity contribution in [2.75, 3.05) is 13.1 Å². The first-order chi connectivity index (χ1) is 8.31. The number of nitrogens with one attached hydrogen (secondary N) is 2. The van der Waals surface area contributed by atoms with E-state index in [0.29, 0.717) is 0 Å².